The fourth-order valence-electron chi connectivity index (χ4n) is 1.37. The van der Waals surface area contributed by atoms with Gasteiger partial charge in [-0.05, 0) is 11.8 Å². The van der Waals surface area contributed by atoms with Crippen LogP contribution < -0.4 is 16.0 Å². The summed E-state index contributed by atoms with van der Waals surface area (Å²) in [6.07, 6.45) is 0. The van der Waals surface area contributed by atoms with Crippen LogP contribution in [0.1, 0.15) is 20.8 Å². The van der Waals surface area contributed by atoms with E-state index in [0.717, 1.165) is 0 Å². The van der Waals surface area contributed by atoms with Crippen molar-refractivity contribution in [1.29, 1.82) is 0 Å². The van der Waals surface area contributed by atoms with Gasteiger partial charge in [0.2, 0.25) is 11.8 Å². The first-order valence-electron chi connectivity index (χ1n) is 5.78. The fraction of sp³-hybridized carbons (Fsp3) is 0.818. The molecule has 1 rings (SSSR count). The van der Waals surface area contributed by atoms with Crippen LogP contribution in [0, 0.1) is 11.8 Å². The van der Waals surface area contributed by atoms with Gasteiger partial charge < -0.3 is 10.6 Å². The highest BCUT2D eigenvalue weighted by atomic mass is 16.2. The molecule has 0 aromatic rings. The van der Waals surface area contributed by atoms with E-state index in [1.807, 2.05) is 0 Å². The second-order valence-electron chi connectivity index (χ2n) is 4.70. The number of carbonyl (C=O) groups is 2. The molecular weight excluding hydrogens is 206 g/mol. The van der Waals surface area contributed by atoms with Crippen LogP contribution >= 0.6 is 0 Å². The molecule has 1 heterocycles. The third-order valence-corrected chi connectivity index (χ3v) is 3.07. The van der Waals surface area contributed by atoms with Crippen LogP contribution in [0.3, 0.4) is 0 Å². The first kappa shape index (κ1) is 13.0. The van der Waals surface area contributed by atoms with Gasteiger partial charge in [0.1, 0.15) is 6.04 Å². The van der Waals surface area contributed by atoms with Crippen LogP contribution in [-0.2, 0) is 9.59 Å². The Balaban J connectivity index is 2.27. The van der Waals surface area contributed by atoms with Crippen LogP contribution in [0.4, 0.5) is 0 Å². The van der Waals surface area contributed by atoms with Crippen molar-refractivity contribution in [2.45, 2.75) is 26.8 Å². The number of nitrogens with one attached hydrogen (secondary N) is 3. The molecule has 5 heteroatoms. The maximum Gasteiger partial charge on any atom is 0.238 e. The maximum atomic E-state index is 11.7. The van der Waals surface area contributed by atoms with Crippen LogP contribution in [0.25, 0.3) is 0 Å². The molecule has 0 radical (unpaired) electrons. The number of hydrogen-bond donors (Lipinski definition) is 3. The van der Waals surface area contributed by atoms with Gasteiger partial charge in [-0.15, -0.1) is 0 Å². The molecule has 0 spiro atoms. The van der Waals surface area contributed by atoms with E-state index in [1.54, 1.807) is 0 Å². The van der Waals surface area contributed by atoms with Gasteiger partial charge >= 0.3 is 0 Å². The molecule has 5 nitrogen and oxygen atoms in total. The summed E-state index contributed by atoms with van der Waals surface area (Å²) in [6, 6.07) is -0.294. The Morgan fingerprint density at radius 1 is 1.50 bits per heavy atom. The highest BCUT2D eigenvalue weighted by Gasteiger charge is 2.23. The molecule has 3 N–H and O–H groups in total. The van der Waals surface area contributed by atoms with Gasteiger partial charge in [0.05, 0.1) is 6.54 Å². The predicted molar refractivity (Wildman–Crippen MR) is 61.8 cm³/mol. The van der Waals surface area contributed by atoms with Gasteiger partial charge in [0, 0.05) is 13.1 Å². The summed E-state index contributed by atoms with van der Waals surface area (Å²) in [6.45, 7) is 7.66. The fourth-order valence-corrected chi connectivity index (χ4v) is 1.37. The quantitative estimate of drug-likeness (QED) is 0.605. The highest BCUT2D eigenvalue weighted by Crippen LogP contribution is 2.07. The molecule has 1 fully saturated rings. The van der Waals surface area contributed by atoms with Crippen LogP contribution in [0.2, 0.25) is 0 Å². The number of piperazine rings is 1. The summed E-state index contributed by atoms with van der Waals surface area (Å²) in [4.78, 5) is 22.6. The first-order valence-corrected chi connectivity index (χ1v) is 5.78. The topological polar surface area (TPSA) is 70.2 Å². The van der Waals surface area contributed by atoms with Gasteiger partial charge in [0.25, 0.3) is 0 Å². The minimum atomic E-state index is -0.294. The molecule has 92 valence electrons. The molecule has 0 aromatic heterocycles. The summed E-state index contributed by atoms with van der Waals surface area (Å²) in [5, 5.41) is 8.45. The summed E-state index contributed by atoms with van der Waals surface area (Å²) in [7, 11) is 0. The summed E-state index contributed by atoms with van der Waals surface area (Å²) < 4.78 is 0. The monoisotopic (exact) mass is 227 g/mol. The second kappa shape index (κ2) is 5.84. The molecule has 1 saturated heterocycles. The van der Waals surface area contributed by atoms with Gasteiger partial charge in [-0.25, -0.2) is 0 Å². The Morgan fingerprint density at radius 2 is 2.19 bits per heavy atom. The van der Waals surface area contributed by atoms with E-state index in [9.17, 15) is 9.59 Å². The zero-order chi connectivity index (χ0) is 12.1. The lowest BCUT2D eigenvalue weighted by molar-refractivity contribution is -0.126. The van der Waals surface area contributed by atoms with E-state index in [-0.39, 0.29) is 24.4 Å². The van der Waals surface area contributed by atoms with E-state index >= 15 is 0 Å². The standard InChI is InChI=1S/C11H21N3O2/c1-7(2)8(3)4-14-11(16)9-5-13-10(15)6-12-9/h7-9,12H,4-6H2,1-3H3,(H,13,15)(H,14,16). The average Bonchev–Trinajstić information content (AvgIpc) is 2.26. The van der Waals surface area contributed by atoms with E-state index < -0.39 is 0 Å². The molecule has 2 amide bonds. The first-order chi connectivity index (χ1) is 7.50. The molecule has 2 atom stereocenters. The molecule has 0 saturated carbocycles. The molecule has 1 aliphatic heterocycles. The number of rotatable bonds is 4. The molecule has 1 aliphatic rings. The van der Waals surface area contributed by atoms with Crippen molar-refractivity contribution < 1.29 is 9.59 Å². The van der Waals surface area contributed by atoms with E-state index in [4.69, 9.17) is 0 Å². The maximum absolute atomic E-state index is 11.7. The lowest BCUT2D eigenvalue weighted by Crippen LogP contribution is -2.58. The predicted octanol–water partition coefficient (Wildman–Crippen LogP) is -0.517. The minimum absolute atomic E-state index is 0.0347. The van der Waals surface area contributed by atoms with Gasteiger partial charge in [-0.2, -0.15) is 0 Å². The van der Waals surface area contributed by atoms with Crippen molar-refractivity contribution in [2.75, 3.05) is 19.6 Å². The normalized spacial score (nSPS) is 22.8. The Kier molecular flexibility index (Phi) is 4.73. The van der Waals surface area contributed by atoms with Gasteiger partial charge in [-0.1, -0.05) is 20.8 Å². The second-order valence-corrected chi connectivity index (χ2v) is 4.70. The number of amides is 2. The lowest BCUT2D eigenvalue weighted by Gasteiger charge is -2.24. The number of carbonyl (C=O) groups excluding carboxylic acids is 2. The third kappa shape index (κ3) is 3.81. The van der Waals surface area contributed by atoms with Crippen LogP contribution in [0.5, 0.6) is 0 Å². The van der Waals surface area contributed by atoms with E-state index in [1.165, 1.54) is 0 Å². The Hall–Kier alpha value is -1.10. The van der Waals surface area contributed by atoms with Gasteiger partial charge in [0.15, 0.2) is 0 Å². The average molecular weight is 227 g/mol. The SMILES string of the molecule is CC(C)C(C)CNC(=O)C1CNC(=O)CN1. The van der Waals surface area contributed by atoms with E-state index in [0.29, 0.717) is 24.9 Å². The largest absolute Gasteiger partial charge is 0.354 e. The molecule has 0 bridgehead atoms. The van der Waals surface area contributed by atoms with Crippen molar-refractivity contribution in [3.63, 3.8) is 0 Å². The van der Waals surface area contributed by atoms with E-state index in [2.05, 4.69) is 36.7 Å². The highest BCUT2D eigenvalue weighted by molar-refractivity contribution is 5.86. The molecule has 0 aromatic carbocycles. The van der Waals surface area contributed by atoms with Crippen LogP contribution in [0.15, 0.2) is 0 Å². The summed E-state index contributed by atoms with van der Waals surface area (Å²) >= 11 is 0. The summed E-state index contributed by atoms with van der Waals surface area (Å²) in [5.74, 6) is 0.925. The smallest absolute Gasteiger partial charge is 0.238 e. The van der Waals surface area contributed by atoms with Crippen molar-refractivity contribution in [2.24, 2.45) is 11.8 Å². The lowest BCUT2D eigenvalue weighted by atomic mass is 9.98. The summed E-state index contributed by atoms with van der Waals surface area (Å²) in [5.41, 5.74) is 0. The van der Waals surface area contributed by atoms with Crippen LogP contribution in [-0.4, -0.2) is 37.5 Å². The Bertz CT molecular complexity index is 256. The van der Waals surface area contributed by atoms with Crippen molar-refractivity contribution in [1.82, 2.24) is 16.0 Å². The zero-order valence-corrected chi connectivity index (χ0v) is 10.2. The van der Waals surface area contributed by atoms with Crippen molar-refractivity contribution >= 4 is 11.8 Å². The van der Waals surface area contributed by atoms with Crippen molar-refractivity contribution in [3.8, 4) is 0 Å². The molecule has 0 aliphatic carbocycles. The molecule has 2 unspecified atom stereocenters. The molecule has 16 heavy (non-hydrogen) atoms. The number of hydrogen-bond acceptors (Lipinski definition) is 3. The Morgan fingerprint density at radius 3 is 2.69 bits per heavy atom. The zero-order valence-electron chi connectivity index (χ0n) is 10.2. The Labute approximate surface area is 96.4 Å². The molecular formula is C11H21N3O2. The van der Waals surface area contributed by atoms with Gasteiger partial charge in [-0.3, -0.25) is 14.9 Å². The third-order valence-electron chi connectivity index (χ3n) is 3.07. The van der Waals surface area contributed by atoms with Crippen molar-refractivity contribution in [3.05, 3.63) is 0 Å². The minimum Gasteiger partial charge on any atom is -0.354 e.